The lowest BCUT2D eigenvalue weighted by atomic mass is 9.96. The highest BCUT2D eigenvalue weighted by atomic mass is 35.5. The highest BCUT2D eigenvalue weighted by molar-refractivity contribution is 7.89. The number of benzene rings is 1. The topological polar surface area (TPSA) is 66.4 Å². The SMILES string of the molecule is Cc1ccc(Cl)cc1S(=O)(=O)NCC(O)(c1cccs1)C1CC1. The number of nitrogens with one attached hydrogen (secondary N) is 1. The Morgan fingerprint density at radius 2 is 2.13 bits per heavy atom. The van der Waals surface area contributed by atoms with Crippen molar-refractivity contribution in [3.63, 3.8) is 0 Å². The fourth-order valence-corrected chi connectivity index (χ4v) is 5.14. The summed E-state index contributed by atoms with van der Waals surface area (Å²) >= 11 is 7.36. The van der Waals surface area contributed by atoms with Crippen molar-refractivity contribution >= 4 is 33.0 Å². The van der Waals surface area contributed by atoms with Crippen molar-refractivity contribution in [1.82, 2.24) is 4.72 Å². The van der Waals surface area contributed by atoms with Crippen molar-refractivity contribution < 1.29 is 13.5 Å². The van der Waals surface area contributed by atoms with Crippen molar-refractivity contribution in [2.75, 3.05) is 6.54 Å². The van der Waals surface area contributed by atoms with E-state index in [0.717, 1.165) is 17.7 Å². The third-order valence-electron chi connectivity index (χ3n) is 4.17. The second kappa shape index (κ2) is 6.18. The number of rotatable bonds is 6. The molecule has 0 amide bonds. The van der Waals surface area contributed by atoms with Crippen LogP contribution in [0.5, 0.6) is 0 Å². The zero-order valence-electron chi connectivity index (χ0n) is 12.6. The molecule has 4 nitrogen and oxygen atoms in total. The largest absolute Gasteiger partial charge is 0.383 e. The van der Waals surface area contributed by atoms with E-state index in [4.69, 9.17) is 11.6 Å². The summed E-state index contributed by atoms with van der Waals surface area (Å²) < 4.78 is 27.7. The average molecular weight is 372 g/mol. The molecule has 124 valence electrons. The quantitative estimate of drug-likeness (QED) is 0.818. The molecular weight excluding hydrogens is 354 g/mol. The van der Waals surface area contributed by atoms with Crippen LogP contribution in [0.3, 0.4) is 0 Å². The Morgan fingerprint density at radius 1 is 1.39 bits per heavy atom. The lowest BCUT2D eigenvalue weighted by molar-refractivity contribution is 0.0222. The van der Waals surface area contributed by atoms with Gasteiger partial charge in [-0.25, -0.2) is 13.1 Å². The van der Waals surface area contributed by atoms with Gasteiger partial charge >= 0.3 is 0 Å². The van der Waals surface area contributed by atoms with Gasteiger partial charge in [0.25, 0.3) is 0 Å². The minimum atomic E-state index is -3.73. The van der Waals surface area contributed by atoms with Crippen LogP contribution in [0.15, 0.2) is 40.6 Å². The summed E-state index contributed by atoms with van der Waals surface area (Å²) in [6.07, 6.45) is 1.82. The van der Waals surface area contributed by atoms with Crippen LogP contribution in [0.25, 0.3) is 0 Å². The number of thiophene rings is 1. The lowest BCUT2D eigenvalue weighted by Crippen LogP contribution is -2.42. The van der Waals surface area contributed by atoms with Gasteiger partial charge in [-0.3, -0.25) is 0 Å². The third kappa shape index (κ3) is 3.46. The fourth-order valence-electron chi connectivity index (χ4n) is 2.66. The van der Waals surface area contributed by atoms with Crippen LogP contribution in [0.4, 0.5) is 0 Å². The maximum absolute atomic E-state index is 12.6. The molecule has 1 aromatic carbocycles. The zero-order chi connectivity index (χ0) is 16.7. The van der Waals surface area contributed by atoms with Gasteiger partial charge in [0.1, 0.15) is 5.60 Å². The molecule has 0 aliphatic heterocycles. The summed E-state index contributed by atoms with van der Waals surface area (Å²) in [5.41, 5.74) is -0.527. The number of aliphatic hydroxyl groups is 1. The Balaban J connectivity index is 1.85. The number of hydrogen-bond donors (Lipinski definition) is 2. The normalized spacial score (nSPS) is 17.9. The van der Waals surface area contributed by atoms with Gasteiger partial charge in [0, 0.05) is 16.4 Å². The number of halogens is 1. The predicted molar refractivity (Wildman–Crippen MR) is 92.3 cm³/mol. The molecule has 0 radical (unpaired) electrons. The van der Waals surface area contributed by atoms with Crippen molar-refractivity contribution in [2.24, 2.45) is 5.92 Å². The van der Waals surface area contributed by atoms with E-state index >= 15 is 0 Å². The minimum absolute atomic E-state index is 0.0353. The Bertz CT molecular complexity index is 801. The van der Waals surface area contributed by atoms with Gasteiger partial charge in [-0.2, -0.15) is 0 Å². The van der Waals surface area contributed by atoms with Crippen LogP contribution in [0.1, 0.15) is 23.3 Å². The van der Waals surface area contributed by atoms with Crippen LogP contribution >= 0.6 is 22.9 Å². The Morgan fingerprint density at radius 3 is 2.74 bits per heavy atom. The minimum Gasteiger partial charge on any atom is -0.383 e. The second-order valence-corrected chi connectivity index (χ2v) is 9.03. The predicted octanol–water partition coefficient (Wildman–Crippen LogP) is 3.29. The van der Waals surface area contributed by atoms with Gasteiger partial charge in [-0.15, -0.1) is 11.3 Å². The molecule has 1 fully saturated rings. The number of sulfonamides is 1. The average Bonchev–Trinajstić information content (AvgIpc) is 3.22. The highest BCUT2D eigenvalue weighted by Gasteiger charge is 2.46. The van der Waals surface area contributed by atoms with E-state index in [1.807, 2.05) is 17.5 Å². The van der Waals surface area contributed by atoms with E-state index in [1.54, 1.807) is 19.1 Å². The van der Waals surface area contributed by atoms with Crippen molar-refractivity contribution in [2.45, 2.75) is 30.3 Å². The molecule has 0 bridgehead atoms. The lowest BCUT2D eigenvalue weighted by Gasteiger charge is -2.27. The first-order chi connectivity index (χ1) is 10.8. The molecule has 1 saturated carbocycles. The molecule has 1 unspecified atom stereocenters. The van der Waals surface area contributed by atoms with Gasteiger partial charge in [0.05, 0.1) is 4.90 Å². The summed E-state index contributed by atoms with van der Waals surface area (Å²) in [5, 5.41) is 13.3. The molecule has 1 aliphatic rings. The van der Waals surface area contributed by atoms with Gasteiger partial charge in [0.15, 0.2) is 0 Å². The van der Waals surface area contributed by atoms with E-state index in [0.29, 0.717) is 10.6 Å². The first-order valence-corrected chi connectivity index (χ1v) is 10.1. The first kappa shape index (κ1) is 16.9. The van der Waals surface area contributed by atoms with Crippen LogP contribution in [-0.4, -0.2) is 20.1 Å². The molecular formula is C16H18ClNO3S2. The zero-order valence-corrected chi connectivity index (χ0v) is 15.0. The van der Waals surface area contributed by atoms with E-state index in [9.17, 15) is 13.5 Å². The molecule has 2 aromatic rings. The van der Waals surface area contributed by atoms with E-state index in [1.165, 1.54) is 17.4 Å². The molecule has 2 N–H and O–H groups in total. The van der Waals surface area contributed by atoms with E-state index < -0.39 is 15.6 Å². The van der Waals surface area contributed by atoms with Crippen LogP contribution in [0.2, 0.25) is 5.02 Å². The Kier molecular flexibility index (Phi) is 4.55. The number of hydrogen-bond acceptors (Lipinski definition) is 4. The van der Waals surface area contributed by atoms with Gasteiger partial charge in [-0.1, -0.05) is 23.7 Å². The van der Waals surface area contributed by atoms with Crippen molar-refractivity contribution in [1.29, 1.82) is 0 Å². The standard InChI is InChI=1S/C16H18ClNO3S2/c1-11-4-7-13(17)9-14(11)23(20,21)18-10-16(19,12-5-6-12)15-3-2-8-22-15/h2-4,7-9,12,18-19H,5-6,10H2,1H3. The molecule has 7 heteroatoms. The van der Waals surface area contributed by atoms with Crippen molar-refractivity contribution in [3.05, 3.63) is 51.2 Å². The molecule has 3 rings (SSSR count). The molecule has 0 saturated heterocycles. The smallest absolute Gasteiger partial charge is 0.240 e. The summed E-state index contributed by atoms with van der Waals surface area (Å²) in [7, 11) is -3.73. The summed E-state index contributed by atoms with van der Waals surface area (Å²) in [5.74, 6) is 0.101. The monoisotopic (exact) mass is 371 g/mol. The van der Waals surface area contributed by atoms with Gasteiger partial charge in [-0.05, 0) is 54.8 Å². The fraction of sp³-hybridized carbons (Fsp3) is 0.375. The maximum Gasteiger partial charge on any atom is 0.240 e. The third-order valence-corrected chi connectivity index (χ3v) is 6.99. The summed E-state index contributed by atoms with van der Waals surface area (Å²) in [6.45, 7) is 1.68. The number of aryl methyl sites for hydroxylation is 1. The van der Waals surface area contributed by atoms with E-state index in [2.05, 4.69) is 4.72 Å². The van der Waals surface area contributed by atoms with Crippen LogP contribution < -0.4 is 4.72 Å². The van der Waals surface area contributed by atoms with Gasteiger partial charge in [0.2, 0.25) is 10.0 Å². The summed E-state index contributed by atoms with van der Waals surface area (Å²) in [4.78, 5) is 0.944. The highest BCUT2D eigenvalue weighted by Crippen LogP contribution is 2.46. The summed E-state index contributed by atoms with van der Waals surface area (Å²) in [6, 6.07) is 8.47. The first-order valence-electron chi connectivity index (χ1n) is 7.35. The van der Waals surface area contributed by atoms with Crippen molar-refractivity contribution in [3.8, 4) is 0 Å². The molecule has 0 spiro atoms. The van der Waals surface area contributed by atoms with E-state index in [-0.39, 0.29) is 17.4 Å². The second-order valence-electron chi connectivity index (χ2n) is 5.91. The molecule has 1 atom stereocenters. The molecule has 1 aliphatic carbocycles. The Labute approximate surface area is 145 Å². The Hall–Kier alpha value is -0.920. The maximum atomic E-state index is 12.6. The van der Waals surface area contributed by atoms with Crippen LogP contribution in [-0.2, 0) is 15.6 Å². The molecule has 1 aromatic heterocycles. The van der Waals surface area contributed by atoms with Gasteiger partial charge < -0.3 is 5.11 Å². The molecule has 1 heterocycles. The molecule has 23 heavy (non-hydrogen) atoms. The van der Waals surface area contributed by atoms with Crippen LogP contribution in [0, 0.1) is 12.8 Å².